The van der Waals surface area contributed by atoms with Gasteiger partial charge in [0.1, 0.15) is 0 Å². The average Bonchev–Trinajstić information content (AvgIpc) is 2.99. The summed E-state index contributed by atoms with van der Waals surface area (Å²) in [5.74, 6) is 5.69. The van der Waals surface area contributed by atoms with Crippen LogP contribution in [-0.2, 0) is 6.54 Å². The molecule has 0 saturated heterocycles. The first-order valence-corrected chi connectivity index (χ1v) is 6.85. The van der Waals surface area contributed by atoms with Crippen molar-refractivity contribution >= 4 is 17.4 Å². The summed E-state index contributed by atoms with van der Waals surface area (Å²) in [5, 5.41) is 5.42. The monoisotopic (exact) mass is 286 g/mol. The quantitative estimate of drug-likeness (QED) is 0.858. The number of carbonyl (C=O) groups is 1. The summed E-state index contributed by atoms with van der Waals surface area (Å²) in [7, 11) is 1.73. The van der Waals surface area contributed by atoms with Gasteiger partial charge in [-0.05, 0) is 23.2 Å². The number of carbonyl (C=O) groups excluding carboxylic acids is 1. The smallest absolute Gasteiger partial charge is 0.275 e. The van der Waals surface area contributed by atoms with Crippen LogP contribution in [0.2, 0.25) is 0 Å². The fourth-order valence-electron chi connectivity index (χ4n) is 1.71. The molecule has 102 valence electrons. The van der Waals surface area contributed by atoms with Crippen molar-refractivity contribution in [1.82, 2.24) is 14.5 Å². The van der Waals surface area contributed by atoms with E-state index in [4.69, 9.17) is 5.73 Å². The summed E-state index contributed by atoms with van der Waals surface area (Å²) in [6.45, 7) is 0.777. The second-order valence-corrected chi connectivity index (χ2v) is 4.72. The van der Waals surface area contributed by atoms with Crippen LogP contribution in [0.15, 0.2) is 29.6 Å². The molecule has 20 heavy (non-hydrogen) atoms. The molecule has 2 rings (SSSR count). The van der Waals surface area contributed by atoms with Crippen LogP contribution < -0.4 is 5.73 Å². The van der Waals surface area contributed by atoms with Gasteiger partial charge >= 0.3 is 0 Å². The molecule has 0 fully saturated rings. The Kier molecular flexibility index (Phi) is 4.82. The van der Waals surface area contributed by atoms with E-state index < -0.39 is 0 Å². The van der Waals surface area contributed by atoms with Crippen LogP contribution in [0.4, 0.5) is 0 Å². The molecule has 0 aliphatic heterocycles. The first-order chi connectivity index (χ1) is 9.72. The van der Waals surface area contributed by atoms with Crippen molar-refractivity contribution in [2.24, 2.45) is 5.73 Å². The summed E-state index contributed by atoms with van der Waals surface area (Å²) in [4.78, 5) is 13.7. The van der Waals surface area contributed by atoms with Crippen LogP contribution in [0.5, 0.6) is 0 Å². The van der Waals surface area contributed by atoms with E-state index in [1.807, 2.05) is 24.3 Å². The molecule has 2 aromatic rings. The van der Waals surface area contributed by atoms with Crippen LogP contribution in [0.1, 0.15) is 21.6 Å². The zero-order chi connectivity index (χ0) is 14.4. The van der Waals surface area contributed by atoms with Gasteiger partial charge in [-0.15, -0.1) is 5.10 Å². The van der Waals surface area contributed by atoms with Gasteiger partial charge in [0.05, 0.1) is 6.54 Å². The lowest BCUT2D eigenvalue weighted by molar-refractivity contribution is 0.0779. The van der Waals surface area contributed by atoms with Crippen LogP contribution >= 0.6 is 11.5 Å². The van der Waals surface area contributed by atoms with Crippen LogP contribution in [0.3, 0.4) is 0 Å². The Hall–Kier alpha value is -2.23. The predicted octanol–water partition coefficient (Wildman–Crippen LogP) is 1.12. The van der Waals surface area contributed by atoms with Gasteiger partial charge in [0, 0.05) is 24.5 Å². The van der Waals surface area contributed by atoms with Crippen molar-refractivity contribution in [3.63, 3.8) is 0 Å². The molecular weight excluding hydrogens is 272 g/mol. The molecule has 0 saturated carbocycles. The third-order valence-electron chi connectivity index (χ3n) is 2.68. The summed E-state index contributed by atoms with van der Waals surface area (Å²) < 4.78 is 3.70. The second-order valence-electron chi connectivity index (χ2n) is 4.11. The Balaban J connectivity index is 2.15. The van der Waals surface area contributed by atoms with Crippen molar-refractivity contribution < 1.29 is 4.79 Å². The lowest BCUT2D eigenvalue weighted by Gasteiger charge is -2.16. The van der Waals surface area contributed by atoms with Gasteiger partial charge in [0.25, 0.3) is 5.91 Å². The third-order valence-corrected chi connectivity index (χ3v) is 3.18. The molecule has 1 aromatic heterocycles. The number of nitrogens with two attached hydrogens (primary N) is 1. The van der Waals surface area contributed by atoms with E-state index in [1.165, 1.54) is 0 Å². The Morgan fingerprint density at radius 3 is 2.95 bits per heavy atom. The number of hydrogen-bond donors (Lipinski definition) is 1. The molecule has 0 aliphatic rings. The van der Waals surface area contributed by atoms with Gasteiger partial charge < -0.3 is 10.6 Å². The number of amides is 1. The van der Waals surface area contributed by atoms with Gasteiger partial charge in [-0.3, -0.25) is 4.79 Å². The van der Waals surface area contributed by atoms with Gasteiger partial charge in [-0.2, -0.15) is 0 Å². The van der Waals surface area contributed by atoms with Gasteiger partial charge in [0.2, 0.25) is 0 Å². The van der Waals surface area contributed by atoms with Crippen LogP contribution in [0.25, 0.3) is 0 Å². The topological polar surface area (TPSA) is 72.1 Å². The maximum Gasteiger partial charge on any atom is 0.275 e. The lowest BCUT2D eigenvalue weighted by Crippen LogP contribution is -2.26. The van der Waals surface area contributed by atoms with Gasteiger partial charge in [-0.1, -0.05) is 34.5 Å². The van der Waals surface area contributed by atoms with Crippen LogP contribution in [0, 0.1) is 11.8 Å². The van der Waals surface area contributed by atoms with Crippen LogP contribution in [-0.4, -0.2) is 34.0 Å². The molecule has 2 N–H and O–H groups in total. The first kappa shape index (κ1) is 14.2. The summed E-state index contributed by atoms with van der Waals surface area (Å²) in [5.41, 5.74) is 7.61. The third kappa shape index (κ3) is 3.41. The molecule has 1 amide bonds. The molecule has 0 aliphatic carbocycles. The standard InChI is InChI=1S/C14H14N4OS/c1-18(14(19)13-10-20-17-16-13)9-12-6-3-2-5-11(12)7-4-8-15/h2-3,5-6,10H,8-9,15H2,1H3. The van der Waals surface area contributed by atoms with E-state index >= 15 is 0 Å². The minimum Gasteiger partial charge on any atom is -0.336 e. The minimum absolute atomic E-state index is 0.152. The fourth-order valence-corrected chi connectivity index (χ4v) is 2.14. The fraction of sp³-hybridized carbons (Fsp3) is 0.214. The number of rotatable bonds is 3. The van der Waals surface area contributed by atoms with Crippen molar-refractivity contribution in [2.75, 3.05) is 13.6 Å². The molecule has 6 heteroatoms. The van der Waals surface area contributed by atoms with E-state index in [1.54, 1.807) is 17.3 Å². The van der Waals surface area contributed by atoms with E-state index in [0.29, 0.717) is 18.8 Å². The number of nitrogens with zero attached hydrogens (tertiary/aromatic N) is 3. The Morgan fingerprint density at radius 1 is 1.45 bits per heavy atom. The highest BCUT2D eigenvalue weighted by atomic mass is 32.1. The van der Waals surface area contributed by atoms with Gasteiger partial charge in [0.15, 0.2) is 5.69 Å². The van der Waals surface area contributed by atoms with Crippen molar-refractivity contribution in [1.29, 1.82) is 0 Å². The maximum atomic E-state index is 12.1. The summed E-state index contributed by atoms with van der Waals surface area (Å²) >= 11 is 1.16. The highest BCUT2D eigenvalue weighted by Gasteiger charge is 2.15. The number of aromatic nitrogens is 2. The maximum absolute atomic E-state index is 12.1. The molecule has 0 bridgehead atoms. The summed E-state index contributed by atoms with van der Waals surface area (Å²) in [6.07, 6.45) is 0. The highest BCUT2D eigenvalue weighted by Crippen LogP contribution is 2.12. The van der Waals surface area contributed by atoms with Gasteiger partial charge in [-0.25, -0.2) is 0 Å². The predicted molar refractivity (Wildman–Crippen MR) is 78.1 cm³/mol. The lowest BCUT2D eigenvalue weighted by atomic mass is 10.1. The normalized spacial score (nSPS) is 9.70. The molecule has 0 unspecified atom stereocenters. The molecular formula is C14H14N4OS. The van der Waals surface area contributed by atoms with Crippen molar-refractivity contribution in [3.05, 3.63) is 46.5 Å². The Morgan fingerprint density at radius 2 is 2.25 bits per heavy atom. The molecule has 1 aromatic carbocycles. The van der Waals surface area contributed by atoms with E-state index in [2.05, 4.69) is 21.4 Å². The SMILES string of the molecule is CN(Cc1ccccc1C#CCN)C(=O)c1csnn1. The minimum atomic E-state index is -0.152. The second kappa shape index (κ2) is 6.80. The van der Waals surface area contributed by atoms with E-state index in [9.17, 15) is 4.79 Å². The Bertz CT molecular complexity index is 643. The number of hydrogen-bond acceptors (Lipinski definition) is 5. The largest absolute Gasteiger partial charge is 0.336 e. The molecule has 0 atom stereocenters. The average molecular weight is 286 g/mol. The van der Waals surface area contributed by atoms with Crippen molar-refractivity contribution in [2.45, 2.75) is 6.54 Å². The Labute approximate surface area is 121 Å². The molecule has 1 heterocycles. The first-order valence-electron chi connectivity index (χ1n) is 6.01. The molecule has 5 nitrogen and oxygen atoms in total. The number of benzene rings is 1. The zero-order valence-corrected chi connectivity index (χ0v) is 11.9. The van der Waals surface area contributed by atoms with Crippen molar-refractivity contribution in [3.8, 4) is 11.8 Å². The molecule has 0 radical (unpaired) electrons. The summed E-state index contributed by atoms with van der Waals surface area (Å²) in [6, 6.07) is 7.70. The zero-order valence-electron chi connectivity index (χ0n) is 11.0. The highest BCUT2D eigenvalue weighted by molar-refractivity contribution is 7.03. The van der Waals surface area contributed by atoms with E-state index in [0.717, 1.165) is 22.7 Å². The van der Waals surface area contributed by atoms with E-state index in [-0.39, 0.29) is 5.91 Å². The molecule has 0 spiro atoms.